The van der Waals surface area contributed by atoms with Crippen LogP contribution in [-0.4, -0.2) is 124 Å². The zero-order valence-corrected chi connectivity index (χ0v) is 21.0. The summed E-state index contributed by atoms with van der Waals surface area (Å²) in [5.74, 6) is -2.20. The average molecular weight is 523 g/mol. The predicted octanol–water partition coefficient (Wildman–Crippen LogP) is -6.38. The lowest BCUT2D eigenvalue weighted by Gasteiger charge is -2.49. The average Bonchev–Trinajstić information content (AvgIpc) is 2.91. The smallest absolute Gasteiger partial charge is 0.505 e. The van der Waals surface area contributed by atoms with Crippen molar-refractivity contribution < 1.29 is 27.4 Å². The van der Waals surface area contributed by atoms with E-state index < -0.39 is 57.2 Å². The Hall–Kier alpha value is -2.91. The van der Waals surface area contributed by atoms with Crippen LogP contribution in [0.4, 0.5) is 13.2 Å². The highest BCUT2D eigenvalue weighted by atomic mass is 19.4. The number of hydrogen-bond donors (Lipinski definition) is 0. The molecule has 1 aliphatic rings. The second-order valence-corrected chi connectivity index (χ2v) is 9.05. The third-order valence-electron chi connectivity index (χ3n) is 6.27. The molecule has 2 aromatic carbocycles. The van der Waals surface area contributed by atoms with E-state index in [9.17, 15) is 18.0 Å². The van der Waals surface area contributed by atoms with Crippen LogP contribution in [0.25, 0.3) is 11.1 Å². The molecule has 0 saturated carbocycles. The summed E-state index contributed by atoms with van der Waals surface area (Å²) >= 11 is 0. The number of rotatable bonds is 4. The van der Waals surface area contributed by atoms with Crippen molar-refractivity contribution >= 4 is 131 Å². The first-order valence-corrected chi connectivity index (χ1v) is 11.3. The number of alkyl halides is 3. The van der Waals surface area contributed by atoms with Gasteiger partial charge in [0.1, 0.15) is 87.9 Å². The Morgan fingerprint density at radius 2 is 1.39 bits per heavy atom. The van der Waals surface area contributed by atoms with E-state index in [-0.39, 0.29) is 44.9 Å². The number of halogens is 3. The first kappa shape index (κ1) is 31.0. The molecule has 22 radical (unpaired) electrons. The molecule has 0 N–H and O–H groups in total. The number of amides is 1. The van der Waals surface area contributed by atoms with E-state index >= 15 is 0 Å². The molecule has 176 valence electrons. The fraction of sp³-hybridized carbons (Fsp3) is 0.190. The standard InChI is InChI=1S/C21H5B11F3N3O3/c22-10-9(11(23)13(25)15(12(10)24)41-21(33,34)35)5-1-2-7-6(3-5)18(39)38(19(29,30)20(31,32)40-7)4-8-36-16(27)14(26)17(28)37-8/h1-3H,4H2. The summed E-state index contributed by atoms with van der Waals surface area (Å²) in [6.45, 7) is -0.530. The number of aromatic nitrogens is 2. The number of carbonyl (C=O) groups is 1. The van der Waals surface area contributed by atoms with Crippen molar-refractivity contribution in [1.29, 1.82) is 0 Å². The number of ether oxygens (including phenoxy) is 2. The topological polar surface area (TPSA) is 64.6 Å². The Labute approximate surface area is 248 Å². The van der Waals surface area contributed by atoms with Crippen LogP contribution in [0.5, 0.6) is 11.5 Å². The minimum atomic E-state index is -5.14. The van der Waals surface area contributed by atoms with E-state index in [1.165, 1.54) is 18.2 Å². The lowest BCUT2D eigenvalue weighted by molar-refractivity contribution is -0.273. The molecule has 4 rings (SSSR count). The van der Waals surface area contributed by atoms with Gasteiger partial charge in [-0.25, -0.2) is 9.97 Å². The number of nitrogens with zero attached hydrogens (tertiary/aromatic N) is 3. The molecule has 1 aliphatic heterocycles. The Balaban J connectivity index is 1.87. The van der Waals surface area contributed by atoms with Crippen LogP contribution >= 0.6 is 0 Å². The van der Waals surface area contributed by atoms with E-state index in [1.54, 1.807) is 0 Å². The summed E-state index contributed by atoms with van der Waals surface area (Å²) in [5.41, 5.74) is -2.86. The van der Waals surface area contributed by atoms with E-state index in [1.807, 2.05) is 0 Å². The maximum absolute atomic E-state index is 13.9. The van der Waals surface area contributed by atoms with Crippen molar-refractivity contribution in [3.05, 3.63) is 29.6 Å². The summed E-state index contributed by atoms with van der Waals surface area (Å²) in [4.78, 5) is 22.6. The van der Waals surface area contributed by atoms with Gasteiger partial charge in [0.2, 0.25) is 0 Å². The van der Waals surface area contributed by atoms with Crippen LogP contribution in [-0.2, 0) is 6.54 Å². The van der Waals surface area contributed by atoms with Gasteiger partial charge >= 0.3 is 6.36 Å². The quantitative estimate of drug-likeness (QED) is 0.319. The second-order valence-electron chi connectivity index (χ2n) is 9.05. The molecule has 0 spiro atoms. The molecule has 0 unspecified atom stereocenters. The molecule has 1 aromatic heterocycles. The van der Waals surface area contributed by atoms with Gasteiger partial charge in [-0.2, -0.15) is 0 Å². The van der Waals surface area contributed by atoms with Crippen molar-refractivity contribution in [2.75, 3.05) is 0 Å². The van der Waals surface area contributed by atoms with Gasteiger partial charge in [-0.3, -0.25) is 4.79 Å². The van der Waals surface area contributed by atoms with Gasteiger partial charge < -0.3 is 14.4 Å². The van der Waals surface area contributed by atoms with E-state index in [4.69, 9.17) is 91.0 Å². The number of fused-ring (bicyclic) bond motifs is 1. The molecule has 0 saturated heterocycles. The maximum Gasteiger partial charge on any atom is 0.573 e. The molecular formula is C21H5B11F3N3O3. The fourth-order valence-electron chi connectivity index (χ4n) is 4.04. The van der Waals surface area contributed by atoms with Crippen LogP contribution in [0.15, 0.2) is 18.2 Å². The van der Waals surface area contributed by atoms with Gasteiger partial charge in [-0.05, 0) is 39.8 Å². The monoisotopic (exact) mass is 525 g/mol. The van der Waals surface area contributed by atoms with Gasteiger partial charge in [0.15, 0.2) is 0 Å². The van der Waals surface area contributed by atoms with Crippen molar-refractivity contribution in [3.8, 4) is 22.6 Å². The van der Waals surface area contributed by atoms with Crippen molar-refractivity contribution in [2.45, 2.75) is 23.6 Å². The molecule has 20 heteroatoms. The Morgan fingerprint density at radius 1 is 0.854 bits per heavy atom. The lowest BCUT2D eigenvalue weighted by atomic mass is 9.39. The SMILES string of the molecule is [B]c1nc(CN2C(=O)c3cc(-c4c([B])c([B])c(OC(F)(F)F)c([B])c4[B])ccc3OC([B])([B])C2([B])[B])nc([B])c1[B]. The molecular weight excluding hydrogens is 518 g/mol. The Kier molecular flexibility index (Phi) is 7.89. The Bertz CT molecular complexity index is 1540. The highest BCUT2D eigenvalue weighted by Gasteiger charge is 2.47. The highest BCUT2D eigenvalue weighted by molar-refractivity contribution is 6.61. The minimum absolute atomic E-state index is 0.0750. The highest BCUT2D eigenvalue weighted by Crippen LogP contribution is 2.36. The molecule has 1 amide bonds. The molecule has 0 fully saturated rings. The summed E-state index contributed by atoms with van der Waals surface area (Å²) in [7, 11) is 65.5. The third kappa shape index (κ3) is 5.51. The normalized spacial score (nSPS) is 16.0. The fourth-order valence-corrected chi connectivity index (χ4v) is 4.04. The molecule has 0 atom stereocenters. The van der Waals surface area contributed by atoms with Gasteiger partial charge in [0, 0.05) is 5.40 Å². The molecule has 6 nitrogen and oxygen atoms in total. The van der Waals surface area contributed by atoms with E-state index in [0.717, 1.165) is 4.90 Å². The summed E-state index contributed by atoms with van der Waals surface area (Å²) in [6.07, 6.45) is -5.14. The molecule has 2 heterocycles. The van der Waals surface area contributed by atoms with Crippen LogP contribution in [0.3, 0.4) is 0 Å². The molecule has 3 aromatic rings. The van der Waals surface area contributed by atoms with E-state index in [2.05, 4.69) is 14.7 Å². The van der Waals surface area contributed by atoms with Gasteiger partial charge in [-0.1, -0.05) is 33.4 Å². The van der Waals surface area contributed by atoms with E-state index in [0.29, 0.717) is 0 Å². The van der Waals surface area contributed by atoms with Crippen LogP contribution in [0, 0.1) is 0 Å². The summed E-state index contributed by atoms with van der Waals surface area (Å²) in [5, 5.41) is -4.80. The van der Waals surface area contributed by atoms with Crippen molar-refractivity contribution in [2.24, 2.45) is 0 Å². The van der Waals surface area contributed by atoms with Crippen LogP contribution in [0.2, 0.25) is 0 Å². The summed E-state index contributed by atoms with van der Waals surface area (Å²) in [6, 6.07) is 3.79. The number of carbonyl (C=O) groups excluding carboxylic acids is 1. The molecule has 41 heavy (non-hydrogen) atoms. The lowest BCUT2D eigenvalue weighted by Crippen LogP contribution is -2.69. The third-order valence-corrected chi connectivity index (χ3v) is 6.27. The van der Waals surface area contributed by atoms with Gasteiger partial charge in [0.05, 0.1) is 27.8 Å². The zero-order valence-electron chi connectivity index (χ0n) is 21.0. The largest absolute Gasteiger partial charge is 0.573 e. The van der Waals surface area contributed by atoms with Gasteiger partial charge in [-0.15, -0.1) is 13.2 Å². The molecule has 0 aliphatic carbocycles. The predicted molar refractivity (Wildman–Crippen MR) is 157 cm³/mol. The molecule has 0 bridgehead atoms. The van der Waals surface area contributed by atoms with Gasteiger partial charge in [0.25, 0.3) is 5.91 Å². The van der Waals surface area contributed by atoms with Crippen molar-refractivity contribution in [3.63, 3.8) is 0 Å². The minimum Gasteiger partial charge on any atom is -0.505 e. The van der Waals surface area contributed by atoms with Crippen LogP contribution in [0.1, 0.15) is 16.2 Å². The summed E-state index contributed by atoms with van der Waals surface area (Å²) < 4.78 is 48.2. The zero-order chi connectivity index (χ0) is 30.8. The maximum atomic E-state index is 13.9. The van der Waals surface area contributed by atoms with Crippen molar-refractivity contribution in [1.82, 2.24) is 14.9 Å². The second kappa shape index (κ2) is 10.4. The first-order valence-electron chi connectivity index (χ1n) is 11.3. The number of hydrogen-bond acceptors (Lipinski definition) is 5. The first-order chi connectivity index (χ1) is 18.8. The Morgan fingerprint density at radius 3 is 1.90 bits per heavy atom. The van der Waals surface area contributed by atoms with Crippen LogP contribution < -0.4 is 48.0 Å². The number of benzene rings is 2.